The number of halogens is 1. The molecule has 0 unspecified atom stereocenters. The smallest absolute Gasteiger partial charge is 0.244 e. The minimum Gasteiger partial charge on any atom is -0.497 e. The van der Waals surface area contributed by atoms with E-state index in [1.807, 2.05) is 19.9 Å². The Morgan fingerprint density at radius 3 is 2.44 bits per heavy atom. The molecule has 1 N–H and O–H groups in total. The number of benzene rings is 2. The van der Waals surface area contributed by atoms with Gasteiger partial charge in [0.1, 0.15) is 18.3 Å². The summed E-state index contributed by atoms with van der Waals surface area (Å²) in [5, 5.41) is 3.37. The van der Waals surface area contributed by atoms with Crippen molar-refractivity contribution in [2.24, 2.45) is 0 Å². The SMILES string of the molecule is CCCCNC(=O)[C@H](CC)N(Cc1cccc(OC)c1)C(=O)CN(c1ccc(Cl)cc1C)S(C)(=O)=O. The quantitative estimate of drug-likeness (QED) is 0.387. The number of nitrogens with one attached hydrogen (secondary N) is 1. The standard InChI is InChI=1S/C26H36ClN3O5S/c1-6-8-14-28-26(32)23(7-2)29(17-20-10-9-11-22(16-20)35-4)25(31)18-30(36(5,33)34)24-13-12-21(27)15-19(24)3/h9-13,15-16,23H,6-8,14,17-18H2,1-5H3,(H,28,32)/t23-/m0/s1. The highest BCUT2D eigenvalue weighted by Gasteiger charge is 2.32. The van der Waals surface area contributed by atoms with Crippen LogP contribution in [0.3, 0.4) is 0 Å². The molecular formula is C26H36ClN3O5S. The van der Waals surface area contributed by atoms with Gasteiger partial charge < -0.3 is 15.0 Å². The summed E-state index contributed by atoms with van der Waals surface area (Å²) < 4.78 is 31.8. The number of carbonyl (C=O) groups is 2. The first-order valence-electron chi connectivity index (χ1n) is 12.0. The second-order valence-electron chi connectivity index (χ2n) is 8.64. The maximum absolute atomic E-state index is 13.7. The number of anilines is 1. The zero-order valence-electron chi connectivity index (χ0n) is 21.6. The third-order valence-electron chi connectivity index (χ3n) is 5.81. The highest BCUT2D eigenvalue weighted by molar-refractivity contribution is 7.92. The first-order valence-corrected chi connectivity index (χ1v) is 14.2. The van der Waals surface area contributed by atoms with E-state index in [1.165, 1.54) is 4.90 Å². The molecule has 0 spiro atoms. The predicted molar refractivity (Wildman–Crippen MR) is 144 cm³/mol. The molecule has 2 rings (SSSR count). The van der Waals surface area contributed by atoms with Gasteiger partial charge in [-0.2, -0.15) is 0 Å². The molecule has 0 aliphatic heterocycles. The van der Waals surface area contributed by atoms with E-state index in [2.05, 4.69) is 5.32 Å². The van der Waals surface area contributed by atoms with Crippen LogP contribution < -0.4 is 14.4 Å². The molecular weight excluding hydrogens is 502 g/mol. The molecule has 2 aromatic carbocycles. The van der Waals surface area contributed by atoms with E-state index in [0.717, 1.165) is 29.0 Å². The fraction of sp³-hybridized carbons (Fsp3) is 0.462. The van der Waals surface area contributed by atoms with Crippen LogP contribution in [0.25, 0.3) is 0 Å². The highest BCUT2D eigenvalue weighted by atomic mass is 35.5. The Labute approximate surface area is 219 Å². The molecule has 198 valence electrons. The molecule has 8 nitrogen and oxygen atoms in total. The fourth-order valence-electron chi connectivity index (χ4n) is 3.89. The van der Waals surface area contributed by atoms with E-state index in [4.69, 9.17) is 16.3 Å². The summed E-state index contributed by atoms with van der Waals surface area (Å²) in [7, 11) is -2.26. The first-order chi connectivity index (χ1) is 17.0. The lowest BCUT2D eigenvalue weighted by molar-refractivity contribution is -0.140. The van der Waals surface area contributed by atoms with Crippen molar-refractivity contribution in [1.29, 1.82) is 0 Å². The van der Waals surface area contributed by atoms with E-state index < -0.39 is 28.5 Å². The number of carbonyl (C=O) groups excluding carboxylic acids is 2. The third kappa shape index (κ3) is 8.13. The molecule has 2 amide bonds. The second kappa shape index (κ2) is 13.5. The van der Waals surface area contributed by atoms with Crippen LogP contribution in [0.1, 0.15) is 44.2 Å². The highest BCUT2D eigenvalue weighted by Crippen LogP contribution is 2.26. The van der Waals surface area contributed by atoms with Gasteiger partial charge in [-0.05, 0) is 61.2 Å². The van der Waals surface area contributed by atoms with Gasteiger partial charge in [0.2, 0.25) is 21.8 Å². The summed E-state index contributed by atoms with van der Waals surface area (Å²) in [6.07, 6.45) is 3.17. The number of ether oxygens (including phenoxy) is 1. The van der Waals surface area contributed by atoms with Crippen molar-refractivity contribution in [2.75, 3.05) is 30.8 Å². The molecule has 36 heavy (non-hydrogen) atoms. The zero-order valence-corrected chi connectivity index (χ0v) is 23.2. The molecule has 0 fully saturated rings. The van der Waals surface area contributed by atoms with Gasteiger partial charge in [0.05, 0.1) is 19.1 Å². The van der Waals surface area contributed by atoms with Crippen molar-refractivity contribution in [3.8, 4) is 5.75 Å². The Morgan fingerprint density at radius 2 is 1.86 bits per heavy atom. The third-order valence-corrected chi connectivity index (χ3v) is 7.17. The minimum atomic E-state index is -3.81. The van der Waals surface area contributed by atoms with Gasteiger partial charge in [-0.15, -0.1) is 0 Å². The summed E-state index contributed by atoms with van der Waals surface area (Å²) in [6, 6.07) is 11.3. The Morgan fingerprint density at radius 1 is 1.14 bits per heavy atom. The van der Waals surface area contributed by atoms with Crippen LogP contribution in [-0.2, 0) is 26.2 Å². The lowest BCUT2D eigenvalue weighted by atomic mass is 10.1. The van der Waals surface area contributed by atoms with Gasteiger partial charge in [0.15, 0.2) is 0 Å². The molecule has 10 heteroatoms. The average Bonchev–Trinajstić information content (AvgIpc) is 2.82. The lowest BCUT2D eigenvalue weighted by Crippen LogP contribution is -2.52. The first kappa shape index (κ1) is 29.5. The molecule has 0 aromatic heterocycles. The van der Waals surface area contributed by atoms with Crippen LogP contribution in [-0.4, -0.2) is 57.6 Å². The molecule has 0 saturated heterocycles. The molecule has 0 bridgehead atoms. The molecule has 0 heterocycles. The normalized spacial score (nSPS) is 12.1. The van der Waals surface area contributed by atoms with Crippen molar-refractivity contribution >= 4 is 39.1 Å². The van der Waals surface area contributed by atoms with Crippen LogP contribution in [0, 0.1) is 6.92 Å². The Balaban J connectivity index is 2.45. The number of aryl methyl sites for hydroxylation is 1. The van der Waals surface area contributed by atoms with Gasteiger partial charge in [-0.3, -0.25) is 13.9 Å². The largest absolute Gasteiger partial charge is 0.497 e. The lowest BCUT2D eigenvalue weighted by Gasteiger charge is -2.33. The molecule has 0 radical (unpaired) electrons. The number of rotatable bonds is 13. The van der Waals surface area contributed by atoms with Crippen molar-refractivity contribution < 1.29 is 22.7 Å². The summed E-state index contributed by atoms with van der Waals surface area (Å²) in [6.45, 7) is 5.76. The molecule has 1 atom stereocenters. The second-order valence-corrected chi connectivity index (χ2v) is 11.0. The summed E-state index contributed by atoms with van der Waals surface area (Å²) in [5.41, 5.74) is 1.73. The number of nitrogens with zero attached hydrogens (tertiary/aromatic N) is 2. The monoisotopic (exact) mass is 537 g/mol. The number of hydrogen-bond donors (Lipinski definition) is 1. The maximum Gasteiger partial charge on any atom is 0.244 e. The van der Waals surface area contributed by atoms with E-state index in [9.17, 15) is 18.0 Å². The number of sulfonamides is 1. The van der Waals surface area contributed by atoms with Crippen molar-refractivity contribution in [3.05, 3.63) is 58.6 Å². The minimum absolute atomic E-state index is 0.118. The number of unbranched alkanes of at least 4 members (excludes halogenated alkanes) is 1. The van der Waals surface area contributed by atoms with E-state index in [0.29, 0.717) is 35.0 Å². The zero-order chi connectivity index (χ0) is 26.9. The Hall–Kier alpha value is -2.78. The Bertz CT molecular complexity index is 1160. The molecule has 0 aliphatic rings. The van der Waals surface area contributed by atoms with Crippen molar-refractivity contribution in [2.45, 2.75) is 52.6 Å². The molecule has 0 saturated carbocycles. The van der Waals surface area contributed by atoms with Gasteiger partial charge in [0.25, 0.3) is 0 Å². The summed E-state index contributed by atoms with van der Waals surface area (Å²) >= 11 is 6.06. The van der Waals surface area contributed by atoms with Gasteiger partial charge in [-0.1, -0.05) is 44.0 Å². The predicted octanol–water partition coefficient (Wildman–Crippen LogP) is 4.15. The van der Waals surface area contributed by atoms with Crippen LogP contribution >= 0.6 is 11.6 Å². The average molecular weight is 538 g/mol. The number of amides is 2. The molecule has 2 aromatic rings. The van der Waals surface area contributed by atoms with E-state index in [1.54, 1.807) is 50.4 Å². The van der Waals surface area contributed by atoms with E-state index >= 15 is 0 Å². The van der Waals surface area contributed by atoms with Crippen LogP contribution in [0.4, 0.5) is 5.69 Å². The summed E-state index contributed by atoms with van der Waals surface area (Å²) in [5.74, 6) is -0.138. The van der Waals surface area contributed by atoms with Gasteiger partial charge >= 0.3 is 0 Å². The van der Waals surface area contributed by atoms with Crippen LogP contribution in [0.5, 0.6) is 5.75 Å². The number of hydrogen-bond acceptors (Lipinski definition) is 5. The summed E-state index contributed by atoms with van der Waals surface area (Å²) in [4.78, 5) is 28.2. The molecule has 0 aliphatic carbocycles. The Kier molecular flexibility index (Phi) is 11.0. The topological polar surface area (TPSA) is 96.0 Å². The van der Waals surface area contributed by atoms with E-state index in [-0.39, 0.29) is 12.5 Å². The van der Waals surface area contributed by atoms with Crippen LogP contribution in [0.15, 0.2) is 42.5 Å². The fourth-order valence-corrected chi connectivity index (χ4v) is 5.02. The number of methoxy groups -OCH3 is 1. The van der Waals surface area contributed by atoms with Crippen molar-refractivity contribution in [1.82, 2.24) is 10.2 Å². The van der Waals surface area contributed by atoms with Gasteiger partial charge in [-0.25, -0.2) is 8.42 Å². The van der Waals surface area contributed by atoms with Gasteiger partial charge in [0, 0.05) is 18.1 Å². The van der Waals surface area contributed by atoms with Crippen molar-refractivity contribution in [3.63, 3.8) is 0 Å². The van der Waals surface area contributed by atoms with Crippen LogP contribution in [0.2, 0.25) is 5.02 Å². The maximum atomic E-state index is 13.7.